The van der Waals surface area contributed by atoms with Gasteiger partial charge in [-0.25, -0.2) is 0 Å². The van der Waals surface area contributed by atoms with Crippen LogP contribution >= 0.6 is 11.3 Å². The second kappa shape index (κ2) is 7.35. The maximum absolute atomic E-state index is 12.0. The minimum Gasteiger partial charge on any atom is -0.389 e. The lowest BCUT2D eigenvalue weighted by Gasteiger charge is -2.42. The molecule has 1 saturated heterocycles. The van der Waals surface area contributed by atoms with E-state index < -0.39 is 11.7 Å². The molecule has 0 saturated carbocycles. The summed E-state index contributed by atoms with van der Waals surface area (Å²) in [7, 11) is 0. The molecule has 1 aliphatic heterocycles. The van der Waals surface area contributed by atoms with Gasteiger partial charge in [0.25, 0.3) is 5.91 Å². The van der Waals surface area contributed by atoms with Gasteiger partial charge in [-0.15, -0.1) is 11.3 Å². The van der Waals surface area contributed by atoms with Crippen LogP contribution in [-0.4, -0.2) is 62.3 Å². The van der Waals surface area contributed by atoms with Gasteiger partial charge in [0.2, 0.25) is 0 Å². The summed E-state index contributed by atoms with van der Waals surface area (Å²) >= 11 is 1.57. The average Bonchev–Trinajstić information content (AvgIpc) is 3.10. The average molecular weight is 348 g/mol. The minimum absolute atomic E-state index is 0.00201. The number of nitrogens with zero attached hydrogens (tertiary/aromatic N) is 3. The Kier molecular flexibility index (Phi) is 5.20. The van der Waals surface area contributed by atoms with Gasteiger partial charge in [0, 0.05) is 43.4 Å². The molecule has 2 aromatic rings. The second-order valence-corrected chi connectivity index (χ2v) is 6.94. The number of aromatic nitrogens is 2. The Labute approximate surface area is 144 Å². The zero-order valence-corrected chi connectivity index (χ0v) is 13.9. The summed E-state index contributed by atoms with van der Waals surface area (Å²) in [5.74, 6) is -0.358. The molecule has 0 unspecified atom stereocenters. The zero-order valence-electron chi connectivity index (χ0n) is 13.1. The maximum Gasteiger partial charge on any atom is 0.269 e. The number of hydrogen-bond donors (Lipinski definition) is 3. The van der Waals surface area contributed by atoms with Gasteiger partial charge in [-0.05, 0) is 18.6 Å². The summed E-state index contributed by atoms with van der Waals surface area (Å²) < 4.78 is 0. The van der Waals surface area contributed by atoms with Gasteiger partial charge in [-0.3, -0.25) is 19.7 Å². The number of aliphatic hydroxyl groups is 2. The lowest BCUT2D eigenvalue weighted by Crippen LogP contribution is -2.60. The maximum atomic E-state index is 12.0. The molecule has 24 heavy (non-hydrogen) atoms. The molecule has 3 heterocycles. The molecule has 0 spiro atoms. The molecular formula is C16H20N4O3S. The normalized spacial score (nSPS) is 24.7. The first-order valence-corrected chi connectivity index (χ1v) is 8.64. The van der Waals surface area contributed by atoms with Crippen LogP contribution in [0.2, 0.25) is 0 Å². The van der Waals surface area contributed by atoms with Crippen LogP contribution in [0.1, 0.15) is 21.8 Å². The van der Waals surface area contributed by atoms with E-state index in [-0.39, 0.29) is 12.5 Å². The Morgan fingerprint density at radius 3 is 3.04 bits per heavy atom. The number of piperidine rings is 1. The van der Waals surface area contributed by atoms with Crippen LogP contribution in [0.15, 0.2) is 36.1 Å². The Morgan fingerprint density at radius 2 is 2.38 bits per heavy atom. The molecule has 3 rings (SSSR count). The molecule has 1 aliphatic rings. The van der Waals surface area contributed by atoms with Crippen LogP contribution in [0.5, 0.6) is 0 Å². The third-order valence-corrected chi connectivity index (χ3v) is 4.99. The van der Waals surface area contributed by atoms with Gasteiger partial charge < -0.3 is 15.5 Å². The van der Waals surface area contributed by atoms with Crippen molar-refractivity contribution < 1.29 is 15.0 Å². The summed E-state index contributed by atoms with van der Waals surface area (Å²) in [4.78, 5) is 23.2. The topological polar surface area (TPSA) is 98.6 Å². The number of carbonyl (C=O) groups excluding carboxylic acids is 1. The molecule has 128 valence electrons. The molecule has 0 radical (unpaired) electrons. The van der Waals surface area contributed by atoms with E-state index in [0.29, 0.717) is 31.7 Å². The van der Waals surface area contributed by atoms with E-state index in [2.05, 4.69) is 20.2 Å². The first kappa shape index (κ1) is 17.0. The number of carbonyl (C=O) groups is 1. The van der Waals surface area contributed by atoms with Crippen molar-refractivity contribution in [1.82, 2.24) is 20.2 Å². The van der Waals surface area contributed by atoms with Crippen molar-refractivity contribution in [2.45, 2.75) is 24.7 Å². The van der Waals surface area contributed by atoms with Crippen LogP contribution in [0.25, 0.3) is 0 Å². The van der Waals surface area contributed by atoms with E-state index in [1.807, 2.05) is 6.20 Å². The third kappa shape index (κ3) is 3.96. The van der Waals surface area contributed by atoms with Crippen LogP contribution in [0.3, 0.4) is 0 Å². The van der Waals surface area contributed by atoms with Gasteiger partial charge in [0.15, 0.2) is 0 Å². The quantitative estimate of drug-likeness (QED) is 0.717. The molecule has 7 nitrogen and oxygen atoms in total. The van der Waals surface area contributed by atoms with E-state index in [1.54, 1.807) is 35.0 Å². The molecule has 2 aromatic heterocycles. The highest BCUT2D eigenvalue weighted by Crippen LogP contribution is 2.24. The Balaban J connectivity index is 1.53. The smallest absolute Gasteiger partial charge is 0.269 e. The number of nitrogens with one attached hydrogen (secondary N) is 1. The number of rotatable bonds is 5. The highest BCUT2D eigenvalue weighted by atomic mass is 32.1. The van der Waals surface area contributed by atoms with Crippen molar-refractivity contribution in [3.63, 3.8) is 0 Å². The lowest BCUT2D eigenvalue weighted by molar-refractivity contribution is -0.116. The summed E-state index contributed by atoms with van der Waals surface area (Å²) in [6, 6.07) is 5.06. The SMILES string of the molecule is O=C(NC[C@]1(O)CCN(Cc2cncs2)C[C@H]1O)c1ccccn1. The number of aliphatic hydroxyl groups excluding tert-OH is 1. The largest absolute Gasteiger partial charge is 0.389 e. The molecule has 2 atom stereocenters. The summed E-state index contributed by atoms with van der Waals surface area (Å²) in [6.07, 6.45) is 2.81. The lowest BCUT2D eigenvalue weighted by atomic mass is 9.88. The highest BCUT2D eigenvalue weighted by Gasteiger charge is 2.40. The molecule has 1 fully saturated rings. The van der Waals surface area contributed by atoms with Crippen LogP contribution in [0, 0.1) is 0 Å². The monoisotopic (exact) mass is 348 g/mol. The first-order chi connectivity index (χ1) is 11.6. The molecular weight excluding hydrogens is 328 g/mol. The van der Waals surface area contributed by atoms with Gasteiger partial charge >= 0.3 is 0 Å². The summed E-state index contributed by atoms with van der Waals surface area (Å²) in [5, 5.41) is 23.7. The standard InChI is InChI=1S/C16H20N4O3S/c21-14-9-20(8-12-7-17-11-24-12)6-4-16(14,23)10-19-15(22)13-3-1-2-5-18-13/h1-3,5,7,11,14,21,23H,4,6,8-10H2,(H,19,22)/t14-,16-/m1/s1. The summed E-state index contributed by atoms with van der Waals surface area (Å²) in [6.45, 7) is 1.70. The number of hydrogen-bond acceptors (Lipinski definition) is 7. The van der Waals surface area contributed by atoms with Crippen LogP contribution in [-0.2, 0) is 6.54 Å². The van der Waals surface area contributed by atoms with Crippen molar-refractivity contribution >= 4 is 17.2 Å². The first-order valence-electron chi connectivity index (χ1n) is 7.76. The molecule has 0 bridgehead atoms. The van der Waals surface area contributed by atoms with Crippen LogP contribution in [0.4, 0.5) is 0 Å². The fraction of sp³-hybridized carbons (Fsp3) is 0.438. The van der Waals surface area contributed by atoms with E-state index in [1.165, 1.54) is 6.20 Å². The second-order valence-electron chi connectivity index (χ2n) is 5.97. The van der Waals surface area contributed by atoms with E-state index >= 15 is 0 Å². The van der Waals surface area contributed by atoms with E-state index in [9.17, 15) is 15.0 Å². The Morgan fingerprint density at radius 1 is 1.50 bits per heavy atom. The number of amides is 1. The molecule has 3 N–H and O–H groups in total. The predicted octanol–water partition coefficient (Wildman–Crippen LogP) is 0.266. The number of β-amino-alcohol motifs (C(OH)–C–C–N with tert-alkyl or cyclic N) is 1. The van der Waals surface area contributed by atoms with Crippen molar-refractivity contribution in [2.75, 3.05) is 19.6 Å². The number of thiazole rings is 1. The fourth-order valence-electron chi connectivity index (χ4n) is 2.74. The van der Waals surface area contributed by atoms with Gasteiger partial charge in [0.05, 0.1) is 11.6 Å². The van der Waals surface area contributed by atoms with E-state index in [4.69, 9.17) is 0 Å². The fourth-order valence-corrected chi connectivity index (χ4v) is 3.37. The zero-order chi connectivity index (χ0) is 17.0. The molecule has 0 aromatic carbocycles. The van der Waals surface area contributed by atoms with Gasteiger partial charge in [-0.1, -0.05) is 6.07 Å². The van der Waals surface area contributed by atoms with E-state index in [0.717, 1.165) is 4.88 Å². The summed E-state index contributed by atoms with van der Waals surface area (Å²) in [5.41, 5.74) is 0.742. The number of likely N-dealkylation sites (tertiary alicyclic amines) is 1. The number of pyridine rings is 1. The minimum atomic E-state index is -1.32. The van der Waals surface area contributed by atoms with Crippen molar-refractivity contribution in [3.8, 4) is 0 Å². The Bertz CT molecular complexity index is 667. The van der Waals surface area contributed by atoms with Gasteiger partial charge in [0.1, 0.15) is 11.3 Å². The third-order valence-electron chi connectivity index (χ3n) is 4.23. The van der Waals surface area contributed by atoms with Gasteiger partial charge in [-0.2, -0.15) is 0 Å². The molecule has 1 amide bonds. The molecule has 0 aliphatic carbocycles. The van der Waals surface area contributed by atoms with Crippen molar-refractivity contribution in [2.24, 2.45) is 0 Å². The highest BCUT2D eigenvalue weighted by molar-refractivity contribution is 7.09. The Hall–Kier alpha value is -1.87. The van der Waals surface area contributed by atoms with Crippen molar-refractivity contribution in [1.29, 1.82) is 0 Å². The van der Waals surface area contributed by atoms with Crippen LogP contribution < -0.4 is 5.32 Å². The molecule has 8 heteroatoms. The predicted molar refractivity (Wildman–Crippen MR) is 89.5 cm³/mol. The van der Waals surface area contributed by atoms with Crippen molar-refractivity contribution in [3.05, 3.63) is 46.7 Å².